The highest BCUT2D eigenvalue weighted by molar-refractivity contribution is 5.75. The average molecular weight is 188 g/mol. The minimum atomic E-state index is 0.164. The zero-order valence-corrected chi connectivity index (χ0v) is 8.80. The van der Waals surface area contributed by atoms with E-state index in [1.54, 1.807) is 19.0 Å². The Bertz CT molecular complexity index is 138. The van der Waals surface area contributed by atoms with Crippen molar-refractivity contribution in [1.82, 2.24) is 10.2 Å². The maximum Gasteiger partial charge on any atom is 0.222 e. The summed E-state index contributed by atoms with van der Waals surface area (Å²) in [7, 11) is 5.42. The molecule has 0 aromatic rings. The van der Waals surface area contributed by atoms with Gasteiger partial charge in [0.25, 0.3) is 0 Å². The Balaban J connectivity index is 3.12. The van der Waals surface area contributed by atoms with Gasteiger partial charge in [0.05, 0.1) is 6.61 Å². The van der Waals surface area contributed by atoms with Crippen molar-refractivity contribution in [3.8, 4) is 0 Å². The molecule has 1 N–H and O–H groups in total. The minimum Gasteiger partial charge on any atom is -0.380 e. The molecule has 0 atom stereocenters. The number of ether oxygens (including phenoxy) is 1. The SMILES string of the molecule is CNCCOCCCC(=O)N(C)C. The smallest absolute Gasteiger partial charge is 0.222 e. The lowest BCUT2D eigenvalue weighted by molar-refractivity contribution is -0.129. The van der Waals surface area contributed by atoms with Gasteiger partial charge in [-0.1, -0.05) is 0 Å². The number of carbonyl (C=O) groups is 1. The molecule has 13 heavy (non-hydrogen) atoms. The highest BCUT2D eigenvalue weighted by Gasteiger charge is 2.02. The fraction of sp³-hybridized carbons (Fsp3) is 0.889. The van der Waals surface area contributed by atoms with E-state index in [4.69, 9.17) is 4.74 Å². The number of likely N-dealkylation sites (N-methyl/N-ethyl adjacent to an activating group) is 1. The summed E-state index contributed by atoms with van der Waals surface area (Å²) in [6, 6.07) is 0. The topological polar surface area (TPSA) is 41.6 Å². The number of rotatable bonds is 7. The largest absolute Gasteiger partial charge is 0.380 e. The first-order valence-electron chi connectivity index (χ1n) is 4.61. The second-order valence-electron chi connectivity index (χ2n) is 3.11. The van der Waals surface area contributed by atoms with Crippen molar-refractivity contribution in [3.63, 3.8) is 0 Å². The van der Waals surface area contributed by atoms with Crippen molar-refractivity contribution in [1.29, 1.82) is 0 Å². The molecule has 0 heterocycles. The van der Waals surface area contributed by atoms with Gasteiger partial charge in [-0.15, -0.1) is 0 Å². The molecule has 0 aliphatic rings. The van der Waals surface area contributed by atoms with Gasteiger partial charge in [-0.05, 0) is 13.5 Å². The summed E-state index contributed by atoms with van der Waals surface area (Å²) in [6.45, 7) is 2.25. The third-order valence-corrected chi connectivity index (χ3v) is 1.67. The second kappa shape index (κ2) is 8.01. The number of nitrogens with zero attached hydrogens (tertiary/aromatic N) is 1. The molecule has 0 aliphatic heterocycles. The Morgan fingerprint density at radius 1 is 1.38 bits per heavy atom. The Kier molecular flexibility index (Phi) is 7.63. The number of carbonyl (C=O) groups excluding carboxylic acids is 1. The van der Waals surface area contributed by atoms with Crippen LogP contribution in [-0.2, 0) is 9.53 Å². The molecular weight excluding hydrogens is 168 g/mol. The Morgan fingerprint density at radius 2 is 2.08 bits per heavy atom. The summed E-state index contributed by atoms with van der Waals surface area (Å²) < 4.78 is 5.27. The van der Waals surface area contributed by atoms with Crippen molar-refractivity contribution in [2.75, 3.05) is 40.9 Å². The molecule has 0 unspecified atom stereocenters. The molecule has 0 fully saturated rings. The van der Waals surface area contributed by atoms with Crippen LogP contribution >= 0.6 is 0 Å². The van der Waals surface area contributed by atoms with Gasteiger partial charge >= 0.3 is 0 Å². The fourth-order valence-corrected chi connectivity index (χ4v) is 0.825. The molecule has 0 aliphatic carbocycles. The van der Waals surface area contributed by atoms with Crippen LogP contribution in [0.15, 0.2) is 0 Å². The normalized spacial score (nSPS) is 10.1. The van der Waals surface area contributed by atoms with Crippen LogP contribution < -0.4 is 5.32 Å². The van der Waals surface area contributed by atoms with Crippen LogP contribution in [0.1, 0.15) is 12.8 Å². The minimum absolute atomic E-state index is 0.164. The zero-order chi connectivity index (χ0) is 10.1. The summed E-state index contributed by atoms with van der Waals surface area (Å²) in [5.41, 5.74) is 0. The van der Waals surface area contributed by atoms with E-state index in [-0.39, 0.29) is 5.91 Å². The molecular formula is C9H20N2O2. The van der Waals surface area contributed by atoms with Crippen LogP contribution in [0.4, 0.5) is 0 Å². The summed E-state index contributed by atoms with van der Waals surface area (Å²) >= 11 is 0. The number of hydrogen-bond acceptors (Lipinski definition) is 3. The quantitative estimate of drug-likeness (QED) is 0.576. The van der Waals surface area contributed by atoms with Crippen molar-refractivity contribution in [2.24, 2.45) is 0 Å². The summed E-state index contributed by atoms with van der Waals surface area (Å²) in [5.74, 6) is 0.164. The monoisotopic (exact) mass is 188 g/mol. The molecule has 0 aromatic heterocycles. The van der Waals surface area contributed by atoms with Gasteiger partial charge in [0, 0.05) is 33.7 Å². The van der Waals surface area contributed by atoms with Crippen LogP contribution in [0.3, 0.4) is 0 Å². The molecule has 0 spiro atoms. The van der Waals surface area contributed by atoms with Crippen LogP contribution in [0.25, 0.3) is 0 Å². The first-order valence-corrected chi connectivity index (χ1v) is 4.61. The first-order chi connectivity index (χ1) is 6.18. The first kappa shape index (κ1) is 12.4. The molecule has 4 heteroatoms. The summed E-state index contributed by atoms with van der Waals surface area (Å²) in [6.07, 6.45) is 1.38. The van der Waals surface area contributed by atoms with E-state index in [0.29, 0.717) is 19.6 Å². The Hall–Kier alpha value is -0.610. The van der Waals surface area contributed by atoms with Crippen molar-refractivity contribution in [3.05, 3.63) is 0 Å². The molecule has 78 valence electrons. The van der Waals surface area contributed by atoms with Crippen molar-refractivity contribution < 1.29 is 9.53 Å². The van der Waals surface area contributed by atoms with Crippen LogP contribution in [-0.4, -0.2) is 51.7 Å². The predicted molar refractivity (Wildman–Crippen MR) is 52.7 cm³/mol. The van der Waals surface area contributed by atoms with E-state index in [1.165, 1.54) is 0 Å². The Morgan fingerprint density at radius 3 is 2.62 bits per heavy atom. The van der Waals surface area contributed by atoms with E-state index in [2.05, 4.69) is 5.32 Å². The third-order valence-electron chi connectivity index (χ3n) is 1.67. The van der Waals surface area contributed by atoms with E-state index in [1.807, 2.05) is 7.05 Å². The van der Waals surface area contributed by atoms with E-state index in [9.17, 15) is 4.79 Å². The van der Waals surface area contributed by atoms with Gasteiger partial charge in [-0.25, -0.2) is 0 Å². The van der Waals surface area contributed by atoms with Crippen molar-refractivity contribution in [2.45, 2.75) is 12.8 Å². The van der Waals surface area contributed by atoms with Gasteiger partial charge in [0.1, 0.15) is 0 Å². The number of amides is 1. The molecule has 0 rings (SSSR count). The number of nitrogens with one attached hydrogen (secondary N) is 1. The lowest BCUT2D eigenvalue weighted by Gasteiger charge is -2.09. The second-order valence-corrected chi connectivity index (χ2v) is 3.11. The van der Waals surface area contributed by atoms with Crippen LogP contribution in [0.2, 0.25) is 0 Å². The third kappa shape index (κ3) is 7.74. The van der Waals surface area contributed by atoms with E-state index in [0.717, 1.165) is 13.0 Å². The van der Waals surface area contributed by atoms with E-state index < -0.39 is 0 Å². The van der Waals surface area contributed by atoms with E-state index >= 15 is 0 Å². The van der Waals surface area contributed by atoms with Crippen molar-refractivity contribution >= 4 is 5.91 Å². The van der Waals surface area contributed by atoms with Crippen LogP contribution in [0.5, 0.6) is 0 Å². The molecule has 0 saturated heterocycles. The van der Waals surface area contributed by atoms with Gasteiger partial charge < -0.3 is 15.0 Å². The predicted octanol–water partition coefficient (Wildman–Crippen LogP) is 0.0908. The highest BCUT2D eigenvalue weighted by atomic mass is 16.5. The molecule has 0 saturated carbocycles. The maximum absolute atomic E-state index is 11.1. The zero-order valence-electron chi connectivity index (χ0n) is 8.80. The molecule has 0 bridgehead atoms. The van der Waals surface area contributed by atoms with Gasteiger partial charge in [0.2, 0.25) is 5.91 Å². The lowest BCUT2D eigenvalue weighted by atomic mass is 10.3. The van der Waals surface area contributed by atoms with Gasteiger partial charge in [-0.2, -0.15) is 0 Å². The standard InChI is InChI=1S/C9H20N2O2/c1-10-6-8-13-7-4-5-9(12)11(2)3/h10H,4-8H2,1-3H3. The summed E-state index contributed by atoms with van der Waals surface area (Å²) in [4.78, 5) is 12.7. The molecule has 0 aromatic carbocycles. The number of hydrogen-bond donors (Lipinski definition) is 1. The van der Waals surface area contributed by atoms with Gasteiger partial charge in [0.15, 0.2) is 0 Å². The summed E-state index contributed by atoms with van der Waals surface area (Å²) in [5, 5.41) is 2.99. The fourth-order valence-electron chi connectivity index (χ4n) is 0.825. The average Bonchev–Trinajstić information content (AvgIpc) is 2.10. The lowest BCUT2D eigenvalue weighted by Crippen LogP contribution is -2.22. The Labute approximate surface area is 80.2 Å². The maximum atomic E-state index is 11.1. The molecule has 1 amide bonds. The van der Waals surface area contributed by atoms with Gasteiger partial charge in [-0.3, -0.25) is 4.79 Å². The van der Waals surface area contributed by atoms with Crippen LogP contribution in [0, 0.1) is 0 Å². The highest BCUT2D eigenvalue weighted by Crippen LogP contribution is 1.93. The molecule has 4 nitrogen and oxygen atoms in total. The molecule has 0 radical (unpaired) electrons.